The smallest absolute Gasteiger partial charge is 0.335 e. The lowest BCUT2D eigenvalue weighted by atomic mass is 9.79. The SMILES string of the molecule is CC(C)(C)c1cc(Cc2ccc(C(=O)O)cc2)cc(C(C)(C)C)c1. The maximum atomic E-state index is 11.0. The van der Waals surface area contributed by atoms with Crippen LogP contribution in [0.5, 0.6) is 0 Å². The summed E-state index contributed by atoms with van der Waals surface area (Å²) in [7, 11) is 0. The highest BCUT2D eigenvalue weighted by atomic mass is 16.4. The fourth-order valence-corrected chi connectivity index (χ4v) is 2.66. The molecule has 0 spiro atoms. The van der Waals surface area contributed by atoms with Crippen LogP contribution in [0.15, 0.2) is 42.5 Å². The minimum atomic E-state index is -0.883. The monoisotopic (exact) mass is 324 g/mol. The van der Waals surface area contributed by atoms with Gasteiger partial charge < -0.3 is 5.11 Å². The van der Waals surface area contributed by atoms with Gasteiger partial charge >= 0.3 is 5.97 Å². The molecular formula is C22H28O2. The van der Waals surface area contributed by atoms with E-state index in [0.717, 1.165) is 12.0 Å². The lowest BCUT2D eigenvalue weighted by Crippen LogP contribution is -2.17. The van der Waals surface area contributed by atoms with Gasteiger partial charge in [-0.05, 0) is 51.6 Å². The van der Waals surface area contributed by atoms with E-state index < -0.39 is 5.97 Å². The van der Waals surface area contributed by atoms with Gasteiger partial charge in [-0.3, -0.25) is 0 Å². The van der Waals surface area contributed by atoms with E-state index in [0.29, 0.717) is 5.56 Å². The molecule has 0 aromatic heterocycles. The third-order valence-electron chi connectivity index (χ3n) is 4.33. The van der Waals surface area contributed by atoms with Crippen molar-refractivity contribution in [2.45, 2.75) is 58.8 Å². The third-order valence-corrected chi connectivity index (χ3v) is 4.33. The lowest BCUT2D eigenvalue weighted by molar-refractivity contribution is 0.0697. The largest absolute Gasteiger partial charge is 0.478 e. The molecule has 0 aliphatic carbocycles. The van der Waals surface area contributed by atoms with Crippen LogP contribution in [0.3, 0.4) is 0 Å². The Hall–Kier alpha value is -2.09. The van der Waals surface area contributed by atoms with Crippen molar-refractivity contribution < 1.29 is 9.90 Å². The van der Waals surface area contributed by atoms with E-state index >= 15 is 0 Å². The van der Waals surface area contributed by atoms with Gasteiger partial charge in [0.1, 0.15) is 0 Å². The second-order valence-electron chi connectivity index (χ2n) is 8.60. The predicted octanol–water partition coefficient (Wildman–Crippen LogP) is 5.57. The minimum Gasteiger partial charge on any atom is -0.478 e. The van der Waals surface area contributed by atoms with Crippen molar-refractivity contribution in [2.24, 2.45) is 0 Å². The van der Waals surface area contributed by atoms with Gasteiger partial charge in [0.15, 0.2) is 0 Å². The van der Waals surface area contributed by atoms with E-state index in [1.807, 2.05) is 12.1 Å². The van der Waals surface area contributed by atoms with Crippen molar-refractivity contribution in [1.29, 1.82) is 0 Å². The first-order valence-electron chi connectivity index (χ1n) is 8.44. The zero-order valence-corrected chi connectivity index (χ0v) is 15.6. The Kier molecular flexibility index (Phi) is 4.89. The minimum absolute atomic E-state index is 0.100. The lowest BCUT2D eigenvalue weighted by Gasteiger charge is -2.26. The summed E-state index contributed by atoms with van der Waals surface area (Å²) in [6, 6.07) is 14.0. The standard InChI is InChI=1S/C22H28O2/c1-21(2,3)18-12-16(13-19(14-18)22(4,5)6)11-15-7-9-17(10-8-15)20(23)24/h7-10,12-14H,11H2,1-6H3,(H,23,24). The topological polar surface area (TPSA) is 37.3 Å². The molecule has 2 rings (SSSR count). The maximum Gasteiger partial charge on any atom is 0.335 e. The number of hydrogen-bond donors (Lipinski definition) is 1. The number of benzene rings is 2. The van der Waals surface area contributed by atoms with Crippen LogP contribution in [-0.4, -0.2) is 11.1 Å². The van der Waals surface area contributed by atoms with Crippen LogP contribution >= 0.6 is 0 Å². The molecule has 2 heteroatoms. The number of carbonyl (C=O) groups is 1. The molecule has 2 aromatic carbocycles. The number of carboxylic acid groups (broad SMARTS) is 1. The molecule has 0 atom stereocenters. The summed E-state index contributed by atoms with van der Waals surface area (Å²) in [5, 5.41) is 9.02. The highest BCUT2D eigenvalue weighted by molar-refractivity contribution is 5.87. The second kappa shape index (κ2) is 6.43. The van der Waals surface area contributed by atoms with Crippen LogP contribution in [0.25, 0.3) is 0 Å². The first-order chi connectivity index (χ1) is 11.0. The number of aromatic carboxylic acids is 1. The number of carboxylic acids is 1. The summed E-state index contributed by atoms with van der Waals surface area (Å²) in [5.74, 6) is -0.883. The first-order valence-corrected chi connectivity index (χ1v) is 8.44. The Balaban J connectivity index is 2.40. The molecule has 0 heterocycles. The first kappa shape index (κ1) is 18.3. The Labute approximate surface area is 145 Å². The van der Waals surface area contributed by atoms with Gasteiger partial charge in [-0.1, -0.05) is 71.9 Å². The molecule has 0 aliphatic rings. The molecule has 0 unspecified atom stereocenters. The highest BCUT2D eigenvalue weighted by Crippen LogP contribution is 2.31. The summed E-state index contributed by atoms with van der Waals surface area (Å²) >= 11 is 0. The molecular weight excluding hydrogens is 296 g/mol. The van der Waals surface area contributed by atoms with Crippen molar-refractivity contribution in [3.63, 3.8) is 0 Å². The van der Waals surface area contributed by atoms with E-state index in [1.165, 1.54) is 16.7 Å². The zero-order chi connectivity index (χ0) is 18.1. The molecule has 0 saturated carbocycles. The molecule has 0 amide bonds. The van der Waals surface area contributed by atoms with Gasteiger partial charge in [0, 0.05) is 0 Å². The maximum absolute atomic E-state index is 11.0. The Bertz CT molecular complexity index is 694. The average molecular weight is 324 g/mol. The summed E-state index contributed by atoms with van der Waals surface area (Å²) in [5.41, 5.74) is 5.62. The molecule has 2 nitrogen and oxygen atoms in total. The van der Waals surface area contributed by atoms with Crippen LogP contribution in [0.4, 0.5) is 0 Å². The van der Waals surface area contributed by atoms with Crippen molar-refractivity contribution in [2.75, 3.05) is 0 Å². The average Bonchev–Trinajstić information content (AvgIpc) is 2.45. The van der Waals surface area contributed by atoms with Gasteiger partial charge in [-0.2, -0.15) is 0 Å². The fourth-order valence-electron chi connectivity index (χ4n) is 2.66. The van der Waals surface area contributed by atoms with E-state index in [1.54, 1.807) is 12.1 Å². The highest BCUT2D eigenvalue weighted by Gasteiger charge is 2.20. The van der Waals surface area contributed by atoms with Crippen molar-refractivity contribution in [3.8, 4) is 0 Å². The summed E-state index contributed by atoms with van der Waals surface area (Å²) in [4.78, 5) is 11.0. The van der Waals surface area contributed by atoms with E-state index in [4.69, 9.17) is 5.11 Å². The van der Waals surface area contributed by atoms with Crippen LogP contribution in [0, 0.1) is 0 Å². The van der Waals surface area contributed by atoms with Gasteiger partial charge in [0.05, 0.1) is 5.56 Å². The molecule has 128 valence electrons. The number of hydrogen-bond acceptors (Lipinski definition) is 1. The van der Waals surface area contributed by atoms with Crippen LogP contribution in [0.1, 0.15) is 74.2 Å². The fraction of sp³-hybridized carbons (Fsp3) is 0.409. The molecule has 0 saturated heterocycles. The van der Waals surface area contributed by atoms with E-state index in [2.05, 4.69) is 59.7 Å². The van der Waals surface area contributed by atoms with Gasteiger partial charge in [0.25, 0.3) is 0 Å². The molecule has 0 fully saturated rings. The van der Waals surface area contributed by atoms with E-state index in [9.17, 15) is 4.79 Å². The van der Waals surface area contributed by atoms with Crippen LogP contribution < -0.4 is 0 Å². The predicted molar refractivity (Wildman–Crippen MR) is 100 cm³/mol. The van der Waals surface area contributed by atoms with Crippen LogP contribution in [0.2, 0.25) is 0 Å². The zero-order valence-electron chi connectivity index (χ0n) is 15.6. The molecule has 1 N–H and O–H groups in total. The van der Waals surface area contributed by atoms with Gasteiger partial charge in [0.2, 0.25) is 0 Å². The normalized spacial score (nSPS) is 12.2. The third kappa shape index (κ3) is 4.47. The van der Waals surface area contributed by atoms with Gasteiger partial charge in [-0.25, -0.2) is 4.79 Å². The summed E-state index contributed by atoms with van der Waals surface area (Å²) < 4.78 is 0. The van der Waals surface area contributed by atoms with Crippen molar-refractivity contribution in [3.05, 3.63) is 70.3 Å². The molecule has 2 aromatic rings. The summed E-state index contributed by atoms with van der Waals surface area (Å²) in [6.45, 7) is 13.4. The number of rotatable bonds is 3. The van der Waals surface area contributed by atoms with Crippen molar-refractivity contribution >= 4 is 5.97 Å². The molecule has 24 heavy (non-hydrogen) atoms. The Morgan fingerprint density at radius 2 is 1.25 bits per heavy atom. The second-order valence-corrected chi connectivity index (χ2v) is 8.60. The Morgan fingerprint density at radius 3 is 1.62 bits per heavy atom. The quantitative estimate of drug-likeness (QED) is 0.801. The Morgan fingerprint density at radius 1 is 0.792 bits per heavy atom. The summed E-state index contributed by atoms with van der Waals surface area (Å²) in [6.07, 6.45) is 0.812. The molecule has 0 bridgehead atoms. The molecule has 0 radical (unpaired) electrons. The van der Waals surface area contributed by atoms with E-state index in [-0.39, 0.29) is 10.8 Å². The molecule has 0 aliphatic heterocycles. The van der Waals surface area contributed by atoms with Gasteiger partial charge in [-0.15, -0.1) is 0 Å². The van der Waals surface area contributed by atoms with Crippen molar-refractivity contribution in [1.82, 2.24) is 0 Å². The van der Waals surface area contributed by atoms with Crippen LogP contribution in [-0.2, 0) is 17.3 Å².